The summed E-state index contributed by atoms with van der Waals surface area (Å²) in [7, 11) is 0. The van der Waals surface area contributed by atoms with Gasteiger partial charge in [0.05, 0.1) is 13.2 Å². The van der Waals surface area contributed by atoms with Gasteiger partial charge in [-0.15, -0.1) is 0 Å². The van der Waals surface area contributed by atoms with E-state index < -0.39 is 0 Å². The Morgan fingerprint density at radius 3 is 2.70 bits per heavy atom. The molecule has 0 aromatic rings. The SMILES string of the molecule is CC(OC1COC1)C(N)=S. The van der Waals surface area contributed by atoms with Crippen molar-refractivity contribution in [3.63, 3.8) is 0 Å². The highest BCUT2D eigenvalue weighted by atomic mass is 32.1. The van der Waals surface area contributed by atoms with Gasteiger partial charge in [-0.25, -0.2) is 0 Å². The summed E-state index contributed by atoms with van der Waals surface area (Å²) >= 11 is 4.72. The van der Waals surface area contributed by atoms with Crippen molar-refractivity contribution < 1.29 is 9.47 Å². The highest BCUT2D eigenvalue weighted by Gasteiger charge is 2.22. The molecular weight excluding hydrogens is 150 g/mol. The summed E-state index contributed by atoms with van der Waals surface area (Å²) in [6.45, 7) is 3.20. The fourth-order valence-corrected chi connectivity index (χ4v) is 0.704. The zero-order valence-electron chi connectivity index (χ0n) is 5.87. The van der Waals surface area contributed by atoms with Gasteiger partial charge in [-0.3, -0.25) is 0 Å². The zero-order chi connectivity index (χ0) is 7.56. The first-order chi connectivity index (χ1) is 4.70. The van der Waals surface area contributed by atoms with Crippen LogP contribution in [0.5, 0.6) is 0 Å². The molecule has 0 spiro atoms. The van der Waals surface area contributed by atoms with Crippen molar-refractivity contribution in [1.29, 1.82) is 0 Å². The summed E-state index contributed by atoms with van der Waals surface area (Å²) in [4.78, 5) is 0.409. The van der Waals surface area contributed by atoms with E-state index in [1.165, 1.54) is 0 Å². The van der Waals surface area contributed by atoms with Gasteiger partial charge in [0.25, 0.3) is 0 Å². The van der Waals surface area contributed by atoms with Crippen LogP contribution in [0.2, 0.25) is 0 Å². The van der Waals surface area contributed by atoms with Gasteiger partial charge in [0, 0.05) is 0 Å². The van der Waals surface area contributed by atoms with Crippen LogP contribution < -0.4 is 5.73 Å². The third-order valence-electron chi connectivity index (χ3n) is 1.40. The minimum atomic E-state index is -0.121. The molecule has 0 radical (unpaired) electrons. The van der Waals surface area contributed by atoms with E-state index in [4.69, 9.17) is 27.4 Å². The molecule has 3 nitrogen and oxygen atoms in total. The van der Waals surface area contributed by atoms with Gasteiger partial charge >= 0.3 is 0 Å². The van der Waals surface area contributed by atoms with Crippen molar-refractivity contribution in [3.05, 3.63) is 0 Å². The molecule has 10 heavy (non-hydrogen) atoms. The normalized spacial score (nSPS) is 21.7. The molecule has 2 N–H and O–H groups in total. The van der Waals surface area contributed by atoms with E-state index in [1.54, 1.807) is 0 Å². The van der Waals surface area contributed by atoms with E-state index in [9.17, 15) is 0 Å². The highest BCUT2D eigenvalue weighted by Crippen LogP contribution is 2.08. The Morgan fingerprint density at radius 1 is 1.80 bits per heavy atom. The summed E-state index contributed by atoms with van der Waals surface area (Å²) in [5, 5.41) is 0. The topological polar surface area (TPSA) is 44.5 Å². The molecule has 1 atom stereocenters. The van der Waals surface area contributed by atoms with Gasteiger partial charge in [0.2, 0.25) is 0 Å². The molecule has 1 aliphatic heterocycles. The fraction of sp³-hybridized carbons (Fsp3) is 0.833. The molecule has 0 aliphatic carbocycles. The molecule has 58 valence electrons. The van der Waals surface area contributed by atoms with E-state index >= 15 is 0 Å². The summed E-state index contributed by atoms with van der Waals surface area (Å²) in [5.74, 6) is 0. The molecule has 0 aromatic heterocycles. The maximum Gasteiger partial charge on any atom is 0.105 e. The standard InChI is InChI=1S/C6H11NO2S/c1-4(6(7)10)9-5-2-8-3-5/h4-5H,2-3H2,1H3,(H2,7,10). The van der Waals surface area contributed by atoms with Crippen LogP contribution >= 0.6 is 12.2 Å². The van der Waals surface area contributed by atoms with Crippen LogP contribution in [0.4, 0.5) is 0 Å². The molecule has 0 saturated carbocycles. The first-order valence-corrected chi connectivity index (χ1v) is 3.63. The lowest BCUT2D eigenvalue weighted by molar-refractivity contribution is -0.137. The summed E-state index contributed by atoms with van der Waals surface area (Å²) < 4.78 is 10.3. The van der Waals surface area contributed by atoms with Crippen molar-refractivity contribution in [3.8, 4) is 0 Å². The summed E-state index contributed by atoms with van der Waals surface area (Å²) in [6, 6.07) is 0. The lowest BCUT2D eigenvalue weighted by Crippen LogP contribution is -2.41. The van der Waals surface area contributed by atoms with Crippen molar-refractivity contribution >= 4 is 17.2 Å². The van der Waals surface area contributed by atoms with Crippen molar-refractivity contribution in [2.24, 2.45) is 5.73 Å². The number of hydrogen-bond acceptors (Lipinski definition) is 3. The largest absolute Gasteiger partial charge is 0.391 e. The molecular formula is C6H11NO2S. The Balaban J connectivity index is 2.16. The van der Waals surface area contributed by atoms with Gasteiger partial charge in [-0.05, 0) is 6.92 Å². The molecule has 1 saturated heterocycles. The Morgan fingerprint density at radius 2 is 2.40 bits per heavy atom. The predicted octanol–water partition coefficient (Wildman–Crippen LogP) is 0.0764. The maximum atomic E-state index is 5.36. The van der Waals surface area contributed by atoms with Crippen LogP contribution in [0.15, 0.2) is 0 Å². The Kier molecular flexibility index (Phi) is 2.59. The first-order valence-electron chi connectivity index (χ1n) is 3.22. The van der Waals surface area contributed by atoms with Gasteiger partial charge in [0.1, 0.15) is 17.2 Å². The van der Waals surface area contributed by atoms with Crippen molar-refractivity contribution in [2.45, 2.75) is 19.1 Å². The lowest BCUT2D eigenvalue weighted by Gasteiger charge is -2.28. The van der Waals surface area contributed by atoms with Gasteiger partial charge in [-0.1, -0.05) is 12.2 Å². The average Bonchev–Trinajstić information content (AvgIpc) is 1.77. The van der Waals surface area contributed by atoms with Crippen LogP contribution in [0.25, 0.3) is 0 Å². The minimum Gasteiger partial charge on any atom is -0.391 e. The van der Waals surface area contributed by atoms with Crippen LogP contribution in [0.1, 0.15) is 6.92 Å². The van der Waals surface area contributed by atoms with Gasteiger partial charge in [0.15, 0.2) is 0 Å². The number of ether oxygens (including phenoxy) is 2. The van der Waals surface area contributed by atoms with Crippen molar-refractivity contribution in [1.82, 2.24) is 0 Å². The van der Waals surface area contributed by atoms with Crippen LogP contribution in [-0.2, 0) is 9.47 Å². The Hall–Kier alpha value is -0.190. The predicted molar refractivity (Wildman–Crippen MR) is 41.9 cm³/mol. The Bertz CT molecular complexity index is 136. The van der Waals surface area contributed by atoms with Gasteiger partial charge in [-0.2, -0.15) is 0 Å². The number of rotatable bonds is 3. The molecule has 1 unspecified atom stereocenters. The zero-order valence-corrected chi connectivity index (χ0v) is 6.69. The second-order valence-corrected chi connectivity index (χ2v) is 2.81. The van der Waals surface area contributed by atoms with E-state index in [-0.39, 0.29) is 12.2 Å². The minimum absolute atomic E-state index is 0.121. The van der Waals surface area contributed by atoms with Gasteiger partial charge < -0.3 is 15.2 Å². The van der Waals surface area contributed by atoms with E-state index in [0.717, 1.165) is 0 Å². The Labute approximate surface area is 65.5 Å². The molecule has 1 aliphatic rings. The molecule has 1 heterocycles. The van der Waals surface area contributed by atoms with Crippen molar-refractivity contribution in [2.75, 3.05) is 13.2 Å². The highest BCUT2D eigenvalue weighted by molar-refractivity contribution is 7.80. The van der Waals surface area contributed by atoms with E-state index in [1.807, 2.05) is 6.92 Å². The second kappa shape index (κ2) is 3.27. The maximum absolute atomic E-state index is 5.36. The molecule has 0 bridgehead atoms. The van der Waals surface area contributed by atoms with Crippen LogP contribution in [-0.4, -0.2) is 30.4 Å². The quantitative estimate of drug-likeness (QED) is 0.595. The summed E-state index contributed by atoms with van der Waals surface area (Å²) in [6.07, 6.45) is 0.0837. The smallest absolute Gasteiger partial charge is 0.105 e. The molecule has 1 rings (SSSR count). The average molecular weight is 161 g/mol. The molecule has 0 aromatic carbocycles. The second-order valence-electron chi connectivity index (χ2n) is 2.34. The van der Waals surface area contributed by atoms with Crippen LogP contribution in [0.3, 0.4) is 0 Å². The first kappa shape index (κ1) is 7.91. The van der Waals surface area contributed by atoms with Crippen LogP contribution in [0, 0.1) is 0 Å². The molecule has 1 fully saturated rings. The monoisotopic (exact) mass is 161 g/mol. The lowest BCUT2D eigenvalue weighted by atomic mass is 10.3. The number of nitrogens with two attached hydrogens (primary N) is 1. The summed E-state index contributed by atoms with van der Waals surface area (Å²) in [5.41, 5.74) is 5.33. The van der Waals surface area contributed by atoms with E-state index in [0.29, 0.717) is 18.2 Å². The van der Waals surface area contributed by atoms with E-state index in [2.05, 4.69) is 0 Å². The fourth-order valence-electron chi connectivity index (χ4n) is 0.648. The number of hydrogen-bond donors (Lipinski definition) is 1. The molecule has 4 heteroatoms. The number of thiocarbonyl (C=S) groups is 1. The third-order valence-corrected chi connectivity index (χ3v) is 1.74. The third kappa shape index (κ3) is 1.90. The molecule has 0 amide bonds.